The molecule has 0 bridgehead atoms. The van der Waals surface area contributed by atoms with Crippen molar-refractivity contribution in [3.63, 3.8) is 0 Å². The van der Waals surface area contributed by atoms with Gasteiger partial charge in [-0.25, -0.2) is 4.68 Å². The molecule has 1 saturated heterocycles. The molecule has 18 heavy (non-hydrogen) atoms. The van der Waals surface area contributed by atoms with E-state index in [4.69, 9.17) is 5.11 Å². The standard InChI is InChI=1S/C11H15N3O4/c1-18-11(17)8-6-10(16)13(7-8)9-2-3-12-14(9)4-5-15/h2-3,8,15H,4-7H2,1H3. The summed E-state index contributed by atoms with van der Waals surface area (Å²) in [4.78, 5) is 24.8. The van der Waals surface area contributed by atoms with Crippen molar-refractivity contribution < 1.29 is 19.4 Å². The Morgan fingerprint density at radius 3 is 3.11 bits per heavy atom. The number of aliphatic hydroxyl groups excluding tert-OH is 1. The van der Waals surface area contributed by atoms with Crippen LogP contribution in [-0.2, 0) is 20.9 Å². The molecule has 1 aliphatic rings. The van der Waals surface area contributed by atoms with Crippen molar-refractivity contribution in [1.29, 1.82) is 0 Å². The highest BCUT2D eigenvalue weighted by molar-refractivity contribution is 5.98. The third-order valence-corrected chi connectivity index (χ3v) is 2.94. The number of rotatable bonds is 4. The van der Waals surface area contributed by atoms with E-state index in [1.165, 1.54) is 16.7 Å². The van der Waals surface area contributed by atoms with Crippen LogP contribution in [0.4, 0.5) is 5.82 Å². The normalized spacial score (nSPS) is 19.3. The SMILES string of the molecule is COC(=O)C1CC(=O)N(c2ccnn2CCO)C1. The largest absolute Gasteiger partial charge is 0.469 e. The van der Waals surface area contributed by atoms with Gasteiger partial charge in [0.05, 0.1) is 32.4 Å². The number of hydrogen-bond acceptors (Lipinski definition) is 5. The molecule has 0 spiro atoms. The van der Waals surface area contributed by atoms with Gasteiger partial charge in [-0.15, -0.1) is 0 Å². The van der Waals surface area contributed by atoms with E-state index in [0.29, 0.717) is 18.9 Å². The summed E-state index contributed by atoms with van der Waals surface area (Å²) in [5.41, 5.74) is 0. The second-order valence-electron chi connectivity index (χ2n) is 4.06. The van der Waals surface area contributed by atoms with Crippen molar-refractivity contribution in [2.24, 2.45) is 5.92 Å². The molecular formula is C11H15N3O4. The molecule has 1 fully saturated rings. The molecule has 7 nitrogen and oxygen atoms in total. The summed E-state index contributed by atoms with van der Waals surface area (Å²) in [6, 6.07) is 1.69. The third kappa shape index (κ3) is 2.21. The van der Waals surface area contributed by atoms with Crippen LogP contribution in [0.2, 0.25) is 0 Å². The zero-order chi connectivity index (χ0) is 13.1. The van der Waals surface area contributed by atoms with E-state index in [1.807, 2.05) is 0 Å². The first-order valence-corrected chi connectivity index (χ1v) is 5.68. The number of carbonyl (C=O) groups is 2. The molecule has 1 N–H and O–H groups in total. The molecule has 1 unspecified atom stereocenters. The van der Waals surface area contributed by atoms with Crippen LogP contribution in [0.1, 0.15) is 6.42 Å². The average Bonchev–Trinajstić information content (AvgIpc) is 2.95. The Labute approximate surface area is 104 Å². The number of aromatic nitrogens is 2. The summed E-state index contributed by atoms with van der Waals surface area (Å²) in [6.45, 7) is 0.550. The van der Waals surface area contributed by atoms with Gasteiger partial charge in [0.25, 0.3) is 0 Å². The lowest BCUT2D eigenvalue weighted by atomic mass is 10.1. The molecule has 0 aliphatic carbocycles. The molecular weight excluding hydrogens is 238 g/mol. The van der Waals surface area contributed by atoms with Gasteiger partial charge < -0.3 is 9.84 Å². The first kappa shape index (κ1) is 12.6. The molecule has 1 atom stereocenters. The molecule has 0 saturated carbocycles. The number of aliphatic hydroxyl groups is 1. The van der Waals surface area contributed by atoms with Crippen molar-refractivity contribution in [2.45, 2.75) is 13.0 Å². The zero-order valence-corrected chi connectivity index (χ0v) is 10.1. The number of ether oxygens (including phenoxy) is 1. The molecule has 1 aliphatic heterocycles. The number of carbonyl (C=O) groups excluding carboxylic acids is 2. The molecule has 0 aromatic carbocycles. The van der Waals surface area contributed by atoms with Gasteiger partial charge in [-0.3, -0.25) is 14.5 Å². The Morgan fingerprint density at radius 2 is 2.44 bits per heavy atom. The minimum Gasteiger partial charge on any atom is -0.469 e. The minimum absolute atomic E-state index is 0.0584. The summed E-state index contributed by atoms with van der Waals surface area (Å²) in [5, 5.41) is 12.9. The fourth-order valence-corrected chi connectivity index (χ4v) is 2.08. The highest BCUT2D eigenvalue weighted by atomic mass is 16.5. The van der Waals surface area contributed by atoms with E-state index in [1.54, 1.807) is 12.3 Å². The molecule has 98 valence electrons. The quantitative estimate of drug-likeness (QED) is 0.724. The van der Waals surface area contributed by atoms with Crippen molar-refractivity contribution in [1.82, 2.24) is 9.78 Å². The maximum absolute atomic E-state index is 11.9. The number of anilines is 1. The van der Waals surface area contributed by atoms with Crippen LogP contribution < -0.4 is 4.90 Å². The highest BCUT2D eigenvalue weighted by Crippen LogP contribution is 2.25. The Morgan fingerprint density at radius 1 is 1.67 bits per heavy atom. The number of amides is 1. The lowest BCUT2D eigenvalue weighted by Crippen LogP contribution is -2.29. The van der Waals surface area contributed by atoms with E-state index in [2.05, 4.69) is 9.84 Å². The van der Waals surface area contributed by atoms with Gasteiger partial charge in [-0.2, -0.15) is 5.10 Å². The van der Waals surface area contributed by atoms with E-state index in [-0.39, 0.29) is 24.9 Å². The van der Waals surface area contributed by atoms with Crippen LogP contribution in [-0.4, -0.2) is 47.0 Å². The smallest absolute Gasteiger partial charge is 0.311 e. The summed E-state index contributed by atoms with van der Waals surface area (Å²) < 4.78 is 6.18. The van der Waals surface area contributed by atoms with Crippen molar-refractivity contribution in [3.05, 3.63) is 12.3 Å². The van der Waals surface area contributed by atoms with Gasteiger partial charge in [-0.05, 0) is 0 Å². The van der Waals surface area contributed by atoms with Crippen LogP contribution in [0.5, 0.6) is 0 Å². The molecule has 0 radical (unpaired) electrons. The summed E-state index contributed by atoms with van der Waals surface area (Å²) in [6.07, 6.45) is 1.71. The van der Waals surface area contributed by atoms with Gasteiger partial charge in [-0.1, -0.05) is 0 Å². The second-order valence-corrected chi connectivity index (χ2v) is 4.06. The highest BCUT2D eigenvalue weighted by Gasteiger charge is 2.36. The van der Waals surface area contributed by atoms with Crippen LogP contribution in [0.15, 0.2) is 12.3 Å². The van der Waals surface area contributed by atoms with Gasteiger partial charge in [0.15, 0.2) is 0 Å². The predicted molar refractivity (Wildman–Crippen MR) is 61.8 cm³/mol. The van der Waals surface area contributed by atoms with Gasteiger partial charge >= 0.3 is 5.97 Å². The zero-order valence-electron chi connectivity index (χ0n) is 10.1. The van der Waals surface area contributed by atoms with Crippen molar-refractivity contribution in [3.8, 4) is 0 Å². The Balaban J connectivity index is 2.16. The maximum Gasteiger partial charge on any atom is 0.311 e. The molecule has 7 heteroatoms. The number of nitrogens with zero attached hydrogens (tertiary/aromatic N) is 3. The van der Waals surface area contributed by atoms with Crippen molar-refractivity contribution >= 4 is 17.7 Å². The minimum atomic E-state index is -0.431. The molecule has 2 heterocycles. The van der Waals surface area contributed by atoms with Gasteiger partial charge in [0.1, 0.15) is 5.82 Å². The first-order valence-electron chi connectivity index (χ1n) is 5.68. The Hall–Kier alpha value is -1.89. The van der Waals surface area contributed by atoms with E-state index < -0.39 is 5.92 Å². The summed E-state index contributed by atoms with van der Waals surface area (Å²) in [5.74, 6) is -0.343. The number of methoxy groups -OCH3 is 1. The predicted octanol–water partition coefficient (Wildman–Crippen LogP) is -0.599. The van der Waals surface area contributed by atoms with Crippen molar-refractivity contribution in [2.75, 3.05) is 25.2 Å². The number of hydrogen-bond donors (Lipinski definition) is 1. The molecule has 1 aromatic rings. The Bertz CT molecular complexity index is 457. The van der Waals surface area contributed by atoms with Crippen LogP contribution >= 0.6 is 0 Å². The fourth-order valence-electron chi connectivity index (χ4n) is 2.08. The van der Waals surface area contributed by atoms with E-state index in [0.717, 1.165) is 0 Å². The summed E-state index contributed by atoms with van der Waals surface area (Å²) in [7, 11) is 1.31. The molecule has 1 aromatic heterocycles. The lowest BCUT2D eigenvalue weighted by molar-refractivity contribution is -0.145. The number of esters is 1. The third-order valence-electron chi connectivity index (χ3n) is 2.94. The summed E-state index contributed by atoms with van der Waals surface area (Å²) >= 11 is 0. The van der Waals surface area contributed by atoms with Crippen LogP contribution in [0.3, 0.4) is 0 Å². The second kappa shape index (κ2) is 5.18. The fraction of sp³-hybridized carbons (Fsp3) is 0.545. The molecule has 1 amide bonds. The lowest BCUT2D eigenvalue weighted by Gasteiger charge is -2.17. The topological polar surface area (TPSA) is 84.7 Å². The van der Waals surface area contributed by atoms with Crippen LogP contribution in [0.25, 0.3) is 0 Å². The van der Waals surface area contributed by atoms with E-state index >= 15 is 0 Å². The van der Waals surface area contributed by atoms with Gasteiger partial charge in [0.2, 0.25) is 5.91 Å². The molecule has 2 rings (SSSR count). The van der Waals surface area contributed by atoms with E-state index in [9.17, 15) is 9.59 Å². The monoisotopic (exact) mass is 253 g/mol. The maximum atomic E-state index is 11.9. The Kier molecular flexibility index (Phi) is 3.61. The van der Waals surface area contributed by atoms with Crippen LogP contribution in [0, 0.1) is 5.92 Å². The first-order chi connectivity index (χ1) is 8.67. The average molecular weight is 253 g/mol. The van der Waals surface area contributed by atoms with Gasteiger partial charge in [0, 0.05) is 19.0 Å².